The number of hydrogen-bond acceptors (Lipinski definition) is 4. The molecular weight excluding hydrogens is 288 g/mol. The van der Waals surface area contributed by atoms with Gasteiger partial charge in [-0.15, -0.1) is 0 Å². The van der Waals surface area contributed by atoms with Gasteiger partial charge in [-0.2, -0.15) is 0 Å². The van der Waals surface area contributed by atoms with Crippen LogP contribution < -0.4 is 4.74 Å². The van der Waals surface area contributed by atoms with Crippen molar-refractivity contribution >= 4 is 11.6 Å². The second kappa shape index (κ2) is 6.97. The molecule has 0 radical (unpaired) electrons. The number of nitrogens with zero attached hydrogens (tertiary/aromatic N) is 2. The SMILES string of the molecule is OCCN1CCCN(Cc2cc(Cl)cc3c2OCC3)CC1. The summed E-state index contributed by atoms with van der Waals surface area (Å²) in [6, 6.07) is 4.07. The molecule has 2 aliphatic rings. The maximum absolute atomic E-state index is 9.06. The van der Waals surface area contributed by atoms with E-state index in [1.54, 1.807) is 0 Å². The first kappa shape index (κ1) is 15.1. The van der Waals surface area contributed by atoms with Crippen LogP contribution in [0.25, 0.3) is 0 Å². The standard InChI is InChI=1S/C16H23ClN2O2/c17-15-10-13-2-9-21-16(13)14(11-15)12-19-4-1-3-18(5-6-19)7-8-20/h10-11,20H,1-9,12H2. The molecule has 0 amide bonds. The van der Waals surface area contributed by atoms with E-state index in [4.69, 9.17) is 21.4 Å². The second-order valence-corrected chi connectivity index (χ2v) is 6.28. The lowest BCUT2D eigenvalue weighted by molar-refractivity contribution is 0.195. The number of fused-ring (bicyclic) bond motifs is 1. The normalized spacial score (nSPS) is 20.1. The van der Waals surface area contributed by atoms with Gasteiger partial charge in [0.05, 0.1) is 13.2 Å². The molecule has 0 unspecified atom stereocenters. The molecule has 2 heterocycles. The van der Waals surface area contributed by atoms with E-state index >= 15 is 0 Å². The predicted octanol–water partition coefficient (Wildman–Crippen LogP) is 1.77. The number of aliphatic hydroxyl groups is 1. The van der Waals surface area contributed by atoms with Crippen molar-refractivity contribution in [1.82, 2.24) is 9.80 Å². The van der Waals surface area contributed by atoms with Gasteiger partial charge in [0.2, 0.25) is 0 Å². The van der Waals surface area contributed by atoms with Gasteiger partial charge in [0.15, 0.2) is 0 Å². The Bertz CT molecular complexity index is 495. The molecule has 5 heteroatoms. The molecular formula is C16H23ClN2O2. The topological polar surface area (TPSA) is 35.9 Å². The summed E-state index contributed by atoms with van der Waals surface area (Å²) in [5.74, 6) is 1.05. The van der Waals surface area contributed by atoms with Gasteiger partial charge in [-0.25, -0.2) is 0 Å². The van der Waals surface area contributed by atoms with Gasteiger partial charge in [-0.1, -0.05) is 11.6 Å². The molecule has 21 heavy (non-hydrogen) atoms. The van der Waals surface area contributed by atoms with Crippen molar-refractivity contribution in [2.75, 3.05) is 45.9 Å². The Morgan fingerprint density at radius 1 is 1.14 bits per heavy atom. The molecule has 0 atom stereocenters. The van der Waals surface area contributed by atoms with Crippen molar-refractivity contribution in [2.24, 2.45) is 0 Å². The third-order valence-corrected chi connectivity index (χ3v) is 4.53. The molecule has 2 aliphatic heterocycles. The highest BCUT2D eigenvalue weighted by Gasteiger charge is 2.21. The molecule has 1 fully saturated rings. The predicted molar refractivity (Wildman–Crippen MR) is 84.1 cm³/mol. The van der Waals surface area contributed by atoms with Crippen LogP contribution in [0.2, 0.25) is 5.02 Å². The third-order valence-electron chi connectivity index (χ3n) is 4.32. The maximum atomic E-state index is 9.06. The lowest BCUT2D eigenvalue weighted by Crippen LogP contribution is -2.32. The molecule has 0 aromatic heterocycles. The molecule has 1 N–H and O–H groups in total. The van der Waals surface area contributed by atoms with Gasteiger partial charge >= 0.3 is 0 Å². The monoisotopic (exact) mass is 310 g/mol. The van der Waals surface area contributed by atoms with Crippen molar-refractivity contribution < 1.29 is 9.84 Å². The third kappa shape index (κ3) is 3.69. The first-order chi connectivity index (χ1) is 10.3. The number of hydrogen-bond donors (Lipinski definition) is 1. The lowest BCUT2D eigenvalue weighted by Gasteiger charge is -2.22. The van der Waals surface area contributed by atoms with E-state index in [0.29, 0.717) is 0 Å². The fourth-order valence-electron chi connectivity index (χ4n) is 3.25. The number of aliphatic hydroxyl groups excluding tert-OH is 1. The van der Waals surface area contributed by atoms with E-state index in [9.17, 15) is 0 Å². The summed E-state index contributed by atoms with van der Waals surface area (Å²) in [6.07, 6.45) is 2.11. The summed E-state index contributed by atoms with van der Waals surface area (Å²) in [6.45, 7) is 6.90. The summed E-state index contributed by atoms with van der Waals surface area (Å²) in [7, 11) is 0. The van der Waals surface area contributed by atoms with Crippen molar-refractivity contribution in [3.8, 4) is 5.75 Å². The number of halogens is 1. The van der Waals surface area contributed by atoms with Crippen molar-refractivity contribution in [1.29, 1.82) is 0 Å². The van der Waals surface area contributed by atoms with Crippen molar-refractivity contribution in [3.05, 3.63) is 28.3 Å². The van der Waals surface area contributed by atoms with Gasteiger partial charge in [0.25, 0.3) is 0 Å². The van der Waals surface area contributed by atoms with E-state index in [1.165, 1.54) is 11.1 Å². The van der Waals surface area contributed by atoms with Crippen molar-refractivity contribution in [2.45, 2.75) is 19.4 Å². The number of ether oxygens (including phenoxy) is 1. The van der Waals surface area contributed by atoms with Crippen LogP contribution in [-0.4, -0.2) is 60.8 Å². The van der Waals surface area contributed by atoms with E-state index in [0.717, 1.165) is 69.5 Å². The molecule has 3 rings (SSSR count). The largest absolute Gasteiger partial charge is 0.493 e. The molecule has 0 bridgehead atoms. The molecule has 1 aromatic rings. The van der Waals surface area contributed by atoms with Gasteiger partial charge in [-0.05, 0) is 37.2 Å². The summed E-state index contributed by atoms with van der Waals surface area (Å²) in [4.78, 5) is 4.80. The number of β-amino-alcohol motifs (C(OH)–C–C–N with tert-alkyl or cyclic N) is 1. The molecule has 1 saturated heterocycles. The van der Waals surface area contributed by atoms with Crippen LogP contribution in [0.1, 0.15) is 17.5 Å². The van der Waals surface area contributed by atoms with Crippen LogP contribution in [-0.2, 0) is 13.0 Å². The Hall–Kier alpha value is -0.810. The summed E-state index contributed by atoms with van der Waals surface area (Å²) < 4.78 is 5.79. The fourth-order valence-corrected chi connectivity index (χ4v) is 3.52. The average molecular weight is 311 g/mol. The van der Waals surface area contributed by atoms with Crippen molar-refractivity contribution in [3.63, 3.8) is 0 Å². The summed E-state index contributed by atoms with van der Waals surface area (Å²) in [5.41, 5.74) is 2.46. The minimum atomic E-state index is 0.246. The molecule has 0 aliphatic carbocycles. The second-order valence-electron chi connectivity index (χ2n) is 5.85. The Kier molecular flexibility index (Phi) is 5.01. The van der Waals surface area contributed by atoms with Gasteiger partial charge in [0, 0.05) is 43.2 Å². The summed E-state index contributed by atoms with van der Waals surface area (Å²) in [5, 5.41) is 9.87. The quantitative estimate of drug-likeness (QED) is 0.919. The Morgan fingerprint density at radius 3 is 2.81 bits per heavy atom. The van der Waals surface area contributed by atoms with Crippen LogP contribution >= 0.6 is 11.6 Å². The van der Waals surface area contributed by atoms with Crippen LogP contribution in [0.15, 0.2) is 12.1 Å². The van der Waals surface area contributed by atoms with E-state index < -0.39 is 0 Å². The molecule has 0 spiro atoms. The maximum Gasteiger partial charge on any atom is 0.127 e. The van der Waals surface area contributed by atoms with E-state index in [-0.39, 0.29) is 6.61 Å². The zero-order valence-electron chi connectivity index (χ0n) is 12.4. The highest BCUT2D eigenvalue weighted by molar-refractivity contribution is 6.30. The highest BCUT2D eigenvalue weighted by Crippen LogP contribution is 2.33. The molecule has 4 nitrogen and oxygen atoms in total. The van der Waals surface area contributed by atoms with Crippen LogP contribution in [0.3, 0.4) is 0 Å². The minimum absolute atomic E-state index is 0.246. The highest BCUT2D eigenvalue weighted by atomic mass is 35.5. The zero-order chi connectivity index (χ0) is 14.7. The van der Waals surface area contributed by atoms with E-state index in [2.05, 4.69) is 9.80 Å². The van der Waals surface area contributed by atoms with Gasteiger partial charge < -0.3 is 9.84 Å². The minimum Gasteiger partial charge on any atom is -0.493 e. The van der Waals surface area contributed by atoms with E-state index in [1.807, 2.05) is 12.1 Å². The smallest absolute Gasteiger partial charge is 0.127 e. The molecule has 1 aromatic carbocycles. The Morgan fingerprint density at radius 2 is 1.95 bits per heavy atom. The number of rotatable bonds is 4. The Balaban J connectivity index is 1.67. The average Bonchev–Trinajstić information content (AvgIpc) is 2.81. The van der Waals surface area contributed by atoms with Crippen LogP contribution in [0.5, 0.6) is 5.75 Å². The first-order valence-electron chi connectivity index (χ1n) is 7.76. The lowest BCUT2D eigenvalue weighted by atomic mass is 10.1. The molecule has 0 saturated carbocycles. The zero-order valence-corrected chi connectivity index (χ0v) is 13.1. The summed E-state index contributed by atoms with van der Waals surface area (Å²) >= 11 is 6.23. The fraction of sp³-hybridized carbons (Fsp3) is 0.625. The van der Waals surface area contributed by atoms with Crippen LogP contribution in [0, 0.1) is 0 Å². The van der Waals surface area contributed by atoms with Crippen LogP contribution in [0.4, 0.5) is 0 Å². The first-order valence-corrected chi connectivity index (χ1v) is 8.14. The number of benzene rings is 1. The van der Waals surface area contributed by atoms with Gasteiger partial charge in [-0.3, -0.25) is 9.80 Å². The molecule has 116 valence electrons. The van der Waals surface area contributed by atoms with Gasteiger partial charge in [0.1, 0.15) is 5.75 Å². The Labute approximate surface area is 131 Å².